The van der Waals surface area contributed by atoms with Gasteiger partial charge in [0.1, 0.15) is 11.5 Å². The lowest BCUT2D eigenvalue weighted by atomic mass is 10.1. The fraction of sp³-hybridized carbons (Fsp3) is 0.278. The van der Waals surface area contributed by atoms with E-state index in [1.165, 1.54) is 5.56 Å². The predicted molar refractivity (Wildman–Crippen MR) is 103 cm³/mol. The largest absolute Gasteiger partial charge is 0.370 e. The van der Waals surface area contributed by atoms with Gasteiger partial charge in [-0.25, -0.2) is 4.68 Å². The molecule has 0 amide bonds. The molecule has 0 bridgehead atoms. The van der Waals surface area contributed by atoms with E-state index in [-0.39, 0.29) is 0 Å². The normalized spacial score (nSPS) is 14.1. The lowest BCUT2D eigenvalue weighted by molar-refractivity contribution is 0.780. The Bertz CT molecular complexity index is 898. The van der Waals surface area contributed by atoms with Crippen molar-refractivity contribution >= 4 is 40.4 Å². The Hall–Kier alpha value is -1.49. The van der Waals surface area contributed by atoms with Gasteiger partial charge in [0.2, 0.25) is 0 Å². The summed E-state index contributed by atoms with van der Waals surface area (Å²) in [6, 6.07) is 9.90. The van der Waals surface area contributed by atoms with E-state index in [1.807, 2.05) is 28.9 Å². The van der Waals surface area contributed by atoms with Crippen LogP contribution in [-0.4, -0.2) is 16.3 Å². The third kappa shape index (κ3) is 2.83. The second-order valence-corrected chi connectivity index (χ2v) is 8.16. The molecule has 24 heavy (non-hydrogen) atoms. The molecule has 6 heteroatoms. The fourth-order valence-corrected chi connectivity index (χ4v) is 4.35. The Morgan fingerprint density at radius 2 is 2.04 bits per heavy atom. The van der Waals surface area contributed by atoms with Gasteiger partial charge in [0.05, 0.1) is 14.9 Å². The minimum Gasteiger partial charge on any atom is -0.370 e. The van der Waals surface area contributed by atoms with E-state index in [0.717, 1.165) is 57.8 Å². The topological polar surface area (TPSA) is 29.9 Å². The Morgan fingerprint density at radius 3 is 2.83 bits per heavy atom. The average molecular weight is 378 g/mol. The van der Waals surface area contributed by atoms with Crippen LogP contribution < -0.4 is 5.32 Å². The number of nitrogens with one attached hydrogen (secondary N) is 1. The third-order valence-corrected chi connectivity index (χ3v) is 5.81. The summed E-state index contributed by atoms with van der Waals surface area (Å²) in [5.41, 5.74) is 4.45. The SMILES string of the molecule is Cc1ccc(Cl)cc1-n1nc(-c2ccc(Cl)s2)c2c1NCCCC2. The van der Waals surface area contributed by atoms with Gasteiger partial charge in [-0.3, -0.25) is 0 Å². The van der Waals surface area contributed by atoms with Crippen LogP contribution in [0.3, 0.4) is 0 Å². The lowest BCUT2D eigenvalue weighted by Gasteiger charge is -2.12. The Morgan fingerprint density at radius 1 is 1.17 bits per heavy atom. The first-order valence-electron chi connectivity index (χ1n) is 8.01. The summed E-state index contributed by atoms with van der Waals surface area (Å²) in [6.07, 6.45) is 3.34. The molecule has 2 aromatic heterocycles. The highest BCUT2D eigenvalue weighted by molar-refractivity contribution is 7.19. The second kappa shape index (κ2) is 6.43. The summed E-state index contributed by atoms with van der Waals surface area (Å²) < 4.78 is 2.79. The van der Waals surface area contributed by atoms with Gasteiger partial charge in [0, 0.05) is 17.1 Å². The van der Waals surface area contributed by atoms with Crippen molar-refractivity contribution in [3.63, 3.8) is 0 Å². The van der Waals surface area contributed by atoms with Crippen molar-refractivity contribution in [1.29, 1.82) is 0 Å². The highest BCUT2D eigenvalue weighted by atomic mass is 35.5. The minimum absolute atomic E-state index is 0.717. The van der Waals surface area contributed by atoms with Crippen molar-refractivity contribution in [2.24, 2.45) is 0 Å². The predicted octanol–water partition coefficient (Wildman–Crippen LogP) is 5.96. The van der Waals surface area contributed by atoms with Crippen molar-refractivity contribution in [3.05, 3.63) is 50.8 Å². The number of benzene rings is 1. The van der Waals surface area contributed by atoms with Gasteiger partial charge in [-0.1, -0.05) is 29.3 Å². The zero-order chi connectivity index (χ0) is 16.7. The van der Waals surface area contributed by atoms with E-state index in [2.05, 4.69) is 18.3 Å². The van der Waals surface area contributed by atoms with Crippen molar-refractivity contribution in [3.8, 4) is 16.3 Å². The molecule has 0 radical (unpaired) electrons. The summed E-state index contributed by atoms with van der Waals surface area (Å²) in [5.74, 6) is 1.08. The van der Waals surface area contributed by atoms with Crippen LogP contribution in [0.1, 0.15) is 24.0 Å². The maximum absolute atomic E-state index is 6.23. The quantitative estimate of drug-likeness (QED) is 0.596. The number of aryl methyl sites for hydroxylation is 1. The third-order valence-electron chi connectivity index (χ3n) is 4.34. The van der Waals surface area contributed by atoms with E-state index < -0.39 is 0 Å². The Balaban J connectivity index is 1.94. The van der Waals surface area contributed by atoms with Crippen LogP contribution in [0.2, 0.25) is 9.36 Å². The van der Waals surface area contributed by atoms with E-state index in [0.29, 0.717) is 5.02 Å². The summed E-state index contributed by atoms with van der Waals surface area (Å²) in [4.78, 5) is 1.11. The van der Waals surface area contributed by atoms with Gasteiger partial charge in [-0.05, 0) is 56.0 Å². The van der Waals surface area contributed by atoms with Gasteiger partial charge >= 0.3 is 0 Å². The molecule has 1 aliphatic heterocycles. The van der Waals surface area contributed by atoms with Crippen LogP contribution in [0.25, 0.3) is 16.3 Å². The molecule has 0 saturated heterocycles. The molecule has 3 heterocycles. The molecule has 0 saturated carbocycles. The molecular formula is C18H17Cl2N3S. The van der Waals surface area contributed by atoms with Crippen molar-refractivity contribution in [2.75, 3.05) is 11.9 Å². The van der Waals surface area contributed by atoms with E-state index in [1.54, 1.807) is 11.3 Å². The summed E-state index contributed by atoms with van der Waals surface area (Å²) in [6.45, 7) is 3.04. The molecular weight excluding hydrogens is 361 g/mol. The smallest absolute Gasteiger partial charge is 0.133 e. The van der Waals surface area contributed by atoms with Crippen LogP contribution in [0.4, 0.5) is 5.82 Å². The number of fused-ring (bicyclic) bond motifs is 1. The molecule has 0 aliphatic carbocycles. The van der Waals surface area contributed by atoms with Crippen molar-refractivity contribution in [2.45, 2.75) is 26.2 Å². The average Bonchev–Trinajstić information content (AvgIpc) is 3.05. The highest BCUT2D eigenvalue weighted by Crippen LogP contribution is 2.38. The first kappa shape index (κ1) is 16.0. The standard InChI is InChI=1S/C18H17Cl2N3S/c1-11-5-6-12(19)10-14(11)23-18-13(4-2-3-9-21-18)17(22-23)15-7-8-16(20)24-15/h5-8,10,21H,2-4,9H2,1H3. The minimum atomic E-state index is 0.717. The Kier molecular flexibility index (Phi) is 4.29. The van der Waals surface area contributed by atoms with Gasteiger partial charge in [-0.2, -0.15) is 5.10 Å². The van der Waals surface area contributed by atoms with Crippen LogP contribution in [0, 0.1) is 6.92 Å². The number of hydrogen-bond donors (Lipinski definition) is 1. The van der Waals surface area contributed by atoms with Gasteiger partial charge in [0.25, 0.3) is 0 Å². The molecule has 0 spiro atoms. The number of rotatable bonds is 2. The van der Waals surface area contributed by atoms with E-state index >= 15 is 0 Å². The van der Waals surface area contributed by atoms with E-state index in [4.69, 9.17) is 28.3 Å². The zero-order valence-electron chi connectivity index (χ0n) is 13.3. The first-order valence-corrected chi connectivity index (χ1v) is 9.59. The van der Waals surface area contributed by atoms with E-state index in [9.17, 15) is 0 Å². The Labute approximate surface area is 155 Å². The molecule has 0 unspecified atom stereocenters. The number of nitrogens with zero attached hydrogens (tertiary/aromatic N) is 2. The zero-order valence-corrected chi connectivity index (χ0v) is 15.6. The van der Waals surface area contributed by atoms with Crippen LogP contribution >= 0.6 is 34.5 Å². The van der Waals surface area contributed by atoms with Crippen molar-refractivity contribution in [1.82, 2.24) is 9.78 Å². The molecule has 0 atom stereocenters. The number of thiophene rings is 1. The molecule has 4 rings (SSSR count). The summed E-state index contributed by atoms with van der Waals surface area (Å²) >= 11 is 14.0. The number of halogens is 2. The molecule has 3 nitrogen and oxygen atoms in total. The summed E-state index contributed by atoms with van der Waals surface area (Å²) in [5, 5.41) is 9.22. The monoisotopic (exact) mass is 377 g/mol. The van der Waals surface area contributed by atoms with Crippen molar-refractivity contribution < 1.29 is 0 Å². The van der Waals surface area contributed by atoms with Gasteiger partial charge < -0.3 is 5.32 Å². The molecule has 3 aromatic rings. The van der Waals surface area contributed by atoms with Gasteiger partial charge in [-0.15, -0.1) is 11.3 Å². The number of hydrogen-bond acceptors (Lipinski definition) is 3. The first-order chi connectivity index (χ1) is 11.6. The lowest BCUT2D eigenvalue weighted by Crippen LogP contribution is -2.08. The second-order valence-electron chi connectivity index (χ2n) is 6.01. The molecule has 124 valence electrons. The van der Waals surface area contributed by atoms with Crippen LogP contribution in [-0.2, 0) is 6.42 Å². The van der Waals surface area contributed by atoms with Gasteiger partial charge in [0.15, 0.2) is 0 Å². The molecule has 1 aliphatic rings. The van der Waals surface area contributed by atoms with Crippen LogP contribution in [0.15, 0.2) is 30.3 Å². The summed E-state index contributed by atoms with van der Waals surface area (Å²) in [7, 11) is 0. The number of anilines is 1. The number of aromatic nitrogens is 2. The maximum Gasteiger partial charge on any atom is 0.133 e. The molecule has 1 N–H and O–H groups in total. The highest BCUT2D eigenvalue weighted by Gasteiger charge is 2.23. The fourth-order valence-electron chi connectivity index (χ4n) is 3.13. The molecule has 1 aromatic carbocycles. The van der Waals surface area contributed by atoms with Crippen LogP contribution in [0.5, 0.6) is 0 Å². The maximum atomic E-state index is 6.23. The molecule has 0 fully saturated rings.